The predicted molar refractivity (Wildman–Crippen MR) is 77.2 cm³/mol. The van der Waals surface area contributed by atoms with Crippen LogP contribution in [0.2, 0.25) is 0 Å². The highest BCUT2D eigenvalue weighted by atomic mass is 16.5. The first-order valence-corrected chi connectivity index (χ1v) is 7.68. The second-order valence-electron chi connectivity index (χ2n) is 5.89. The Labute approximate surface area is 125 Å². The third-order valence-electron chi connectivity index (χ3n) is 4.25. The number of urea groups is 1. The maximum absolute atomic E-state index is 12.0. The Hall–Kier alpha value is -1.34. The quantitative estimate of drug-likeness (QED) is 0.660. The summed E-state index contributed by atoms with van der Waals surface area (Å²) in [5.41, 5.74) is -0.561. The third-order valence-corrected chi connectivity index (χ3v) is 4.25. The molecule has 3 N–H and O–H groups in total. The van der Waals surface area contributed by atoms with Crippen LogP contribution in [0.1, 0.15) is 32.1 Å². The van der Waals surface area contributed by atoms with E-state index in [1.807, 2.05) is 0 Å². The number of morpholine rings is 1. The molecule has 0 unspecified atom stereocenters. The van der Waals surface area contributed by atoms with Crippen molar-refractivity contribution in [2.24, 2.45) is 0 Å². The predicted octanol–water partition coefficient (Wildman–Crippen LogP) is 0.405. The molecule has 0 bridgehead atoms. The van der Waals surface area contributed by atoms with Gasteiger partial charge < -0.3 is 20.5 Å². The average molecular weight is 299 g/mol. The molecule has 2 aliphatic rings. The van der Waals surface area contributed by atoms with E-state index in [-0.39, 0.29) is 12.5 Å². The van der Waals surface area contributed by atoms with Gasteiger partial charge in [-0.15, -0.1) is 0 Å². The van der Waals surface area contributed by atoms with Crippen LogP contribution in [0.15, 0.2) is 0 Å². The van der Waals surface area contributed by atoms with Gasteiger partial charge in [0.15, 0.2) is 0 Å². The van der Waals surface area contributed by atoms with E-state index in [4.69, 9.17) is 9.84 Å². The van der Waals surface area contributed by atoms with E-state index in [0.29, 0.717) is 6.54 Å². The van der Waals surface area contributed by atoms with Gasteiger partial charge >= 0.3 is 12.0 Å². The van der Waals surface area contributed by atoms with Crippen LogP contribution in [0, 0.1) is 0 Å². The zero-order valence-electron chi connectivity index (χ0n) is 12.4. The lowest BCUT2D eigenvalue weighted by Gasteiger charge is -2.29. The summed E-state index contributed by atoms with van der Waals surface area (Å²) in [5, 5.41) is 14.7. The van der Waals surface area contributed by atoms with Crippen LogP contribution in [0.25, 0.3) is 0 Å². The molecule has 2 fully saturated rings. The molecular weight excluding hydrogens is 274 g/mol. The molecule has 120 valence electrons. The number of carboxylic acids is 1. The number of amides is 2. The topological polar surface area (TPSA) is 90.9 Å². The number of aliphatic carboxylic acids is 1. The fraction of sp³-hybridized carbons (Fsp3) is 0.857. The van der Waals surface area contributed by atoms with Crippen molar-refractivity contribution in [1.82, 2.24) is 15.5 Å². The van der Waals surface area contributed by atoms with Gasteiger partial charge in [0.25, 0.3) is 0 Å². The van der Waals surface area contributed by atoms with Crippen LogP contribution in [0.4, 0.5) is 4.79 Å². The summed E-state index contributed by atoms with van der Waals surface area (Å²) in [6.07, 6.45) is 3.44. The summed E-state index contributed by atoms with van der Waals surface area (Å²) in [4.78, 5) is 25.2. The fourth-order valence-corrected chi connectivity index (χ4v) is 3.12. The van der Waals surface area contributed by atoms with Crippen LogP contribution >= 0.6 is 0 Å². The van der Waals surface area contributed by atoms with Crippen molar-refractivity contribution < 1.29 is 19.4 Å². The van der Waals surface area contributed by atoms with Gasteiger partial charge in [0.2, 0.25) is 0 Å². The lowest BCUT2D eigenvalue weighted by molar-refractivity contribution is -0.138. The Bertz CT molecular complexity index is 363. The molecule has 1 saturated carbocycles. The molecule has 7 heteroatoms. The summed E-state index contributed by atoms with van der Waals surface area (Å²) in [5.74, 6) is -0.856. The lowest BCUT2D eigenvalue weighted by atomic mass is 9.93. The third kappa shape index (κ3) is 5.17. The fourth-order valence-electron chi connectivity index (χ4n) is 3.12. The lowest BCUT2D eigenvalue weighted by Crippen LogP contribution is -2.52. The van der Waals surface area contributed by atoms with Crippen molar-refractivity contribution >= 4 is 12.0 Å². The molecule has 0 spiro atoms. The number of carboxylic acid groups (broad SMARTS) is 1. The molecule has 0 aromatic carbocycles. The average Bonchev–Trinajstić information content (AvgIpc) is 2.87. The molecule has 1 heterocycles. The zero-order chi connectivity index (χ0) is 15.1. The van der Waals surface area contributed by atoms with Gasteiger partial charge in [-0.25, -0.2) is 4.79 Å². The highest BCUT2D eigenvalue weighted by Crippen LogP contribution is 2.32. The maximum atomic E-state index is 12.0. The van der Waals surface area contributed by atoms with Crippen LogP contribution in [0.5, 0.6) is 0 Å². The normalized spacial score (nSPS) is 21.9. The second kappa shape index (κ2) is 7.61. The first kappa shape index (κ1) is 16.0. The molecule has 2 amide bonds. The molecule has 0 atom stereocenters. The monoisotopic (exact) mass is 299 g/mol. The van der Waals surface area contributed by atoms with E-state index in [9.17, 15) is 9.59 Å². The number of nitrogens with zero attached hydrogens (tertiary/aromatic N) is 1. The van der Waals surface area contributed by atoms with Gasteiger partial charge in [0.05, 0.1) is 25.2 Å². The van der Waals surface area contributed by atoms with Crippen LogP contribution in [0.3, 0.4) is 0 Å². The minimum absolute atomic E-state index is 0.00385. The molecule has 21 heavy (non-hydrogen) atoms. The standard InChI is InChI=1S/C14H25N3O4/c18-12(19)11-14(3-1-2-4-14)16-13(20)15-5-6-17-7-9-21-10-8-17/h1-11H2,(H,18,19)(H2,15,16,20). The van der Waals surface area contributed by atoms with E-state index >= 15 is 0 Å². The van der Waals surface area contributed by atoms with Gasteiger partial charge in [-0.2, -0.15) is 0 Å². The van der Waals surface area contributed by atoms with E-state index in [2.05, 4.69) is 15.5 Å². The minimum Gasteiger partial charge on any atom is -0.481 e. The molecule has 1 saturated heterocycles. The van der Waals surface area contributed by atoms with Crippen molar-refractivity contribution in [2.75, 3.05) is 39.4 Å². The van der Waals surface area contributed by atoms with Gasteiger partial charge in [-0.05, 0) is 12.8 Å². The molecule has 1 aliphatic heterocycles. The molecule has 1 aliphatic carbocycles. The molecule has 7 nitrogen and oxygen atoms in total. The number of ether oxygens (including phenoxy) is 1. The Balaban J connectivity index is 1.70. The summed E-state index contributed by atoms with van der Waals surface area (Å²) in [6, 6.07) is -0.258. The largest absolute Gasteiger partial charge is 0.481 e. The maximum Gasteiger partial charge on any atom is 0.315 e. The van der Waals surface area contributed by atoms with E-state index < -0.39 is 11.5 Å². The molecule has 0 aromatic rings. The number of rotatable bonds is 6. The number of hydrogen-bond acceptors (Lipinski definition) is 4. The highest BCUT2D eigenvalue weighted by Gasteiger charge is 2.37. The van der Waals surface area contributed by atoms with Crippen molar-refractivity contribution in [3.63, 3.8) is 0 Å². The smallest absolute Gasteiger partial charge is 0.315 e. The van der Waals surface area contributed by atoms with Gasteiger partial charge in [-0.3, -0.25) is 9.69 Å². The Morgan fingerprint density at radius 1 is 1.19 bits per heavy atom. The van der Waals surface area contributed by atoms with E-state index in [1.54, 1.807) is 0 Å². The number of carbonyl (C=O) groups is 2. The van der Waals surface area contributed by atoms with E-state index in [0.717, 1.165) is 58.5 Å². The number of nitrogens with one attached hydrogen (secondary N) is 2. The Morgan fingerprint density at radius 3 is 2.48 bits per heavy atom. The Morgan fingerprint density at radius 2 is 1.86 bits per heavy atom. The van der Waals surface area contributed by atoms with Crippen molar-refractivity contribution in [1.29, 1.82) is 0 Å². The summed E-state index contributed by atoms with van der Waals surface area (Å²) in [7, 11) is 0. The minimum atomic E-state index is -0.856. The van der Waals surface area contributed by atoms with Crippen molar-refractivity contribution in [3.8, 4) is 0 Å². The second-order valence-corrected chi connectivity index (χ2v) is 5.89. The molecule has 0 aromatic heterocycles. The van der Waals surface area contributed by atoms with E-state index in [1.165, 1.54) is 0 Å². The van der Waals surface area contributed by atoms with Crippen molar-refractivity contribution in [2.45, 2.75) is 37.6 Å². The summed E-state index contributed by atoms with van der Waals surface area (Å²) < 4.78 is 5.27. The van der Waals surface area contributed by atoms with Gasteiger partial charge in [0, 0.05) is 26.2 Å². The number of hydrogen-bond donors (Lipinski definition) is 3. The molecule has 0 radical (unpaired) electrons. The highest BCUT2D eigenvalue weighted by molar-refractivity contribution is 5.76. The summed E-state index contributed by atoms with van der Waals surface area (Å²) >= 11 is 0. The summed E-state index contributed by atoms with van der Waals surface area (Å²) in [6.45, 7) is 4.64. The van der Waals surface area contributed by atoms with Crippen LogP contribution in [-0.2, 0) is 9.53 Å². The van der Waals surface area contributed by atoms with Gasteiger partial charge in [0.1, 0.15) is 0 Å². The van der Waals surface area contributed by atoms with Crippen LogP contribution < -0.4 is 10.6 Å². The SMILES string of the molecule is O=C(O)CC1(NC(=O)NCCN2CCOCC2)CCCC1. The molecular formula is C14H25N3O4. The first-order chi connectivity index (χ1) is 10.1. The number of carbonyl (C=O) groups excluding carboxylic acids is 1. The van der Waals surface area contributed by atoms with Gasteiger partial charge in [-0.1, -0.05) is 12.8 Å². The Kier molecular flexibility index (Phi) is 5.81. The molecule has 2 rings (SSSR count). The first-order valence-electron chi connectivity index (χ1n) is 7.68. The zero-order valence-corrected chi connectivity index (χ0v) is 12.4. The van der Waals surface area contributed by atoms with Crippen molar-refractivity contribution in [3.05, 3.63) is 0 Å². The van der Waals surface area contributed by atoms with Crippen LogP contribution in [-0.4, -0.2) is 66.9 Å².